The molecule has 7 nitrogen and oxygen atoms in total. The van der Waals surface area contributed by atoms with Gasteiger partial charge in [0.1, 0.15) is 6.04 Å². The Morgan fingerprint density at radius 1 is 1.29 bits per heavy atom. The first kappa shape index (κ1) is 17.1. The molecule has 8 heteroatoms. The summed E-state index contributed by atoms with van der Waals surface area (Å²) in [5, 5.41) is 8.99. The molecule has 0 fully saturated rings. The third-order valence-corrected chi connectivity index (χ3v) is 4.45. The van der Waals surface area contributed by atoms with Crippen molar-refractivity contribution >= 4 is 22.0 Å². The van der Waals surface area contributed by atoms with Gasteiger partial charge in [-0.15, -0.1) is 0 Å². The van der Waals surface area contributed by atoms with Crippen LogP contribution in [0.25, 0.3) is 0 Å². The lowest BCUT2D eigenvalue weighted by Gasteiger charge is -2.14. The number of sulfonamides is 1. The molecule has 2 N–H and O–H groups in total. The van der Waals surface area contributed by atoms with Gasteiger partial charge >= 0.3 is 11.9 Å². The van der Waals surface area contributed by atoms with Gasteiger partial charge in [0.05, 0.1) is 18.4 Å². The van der Waals surface area contributed by atoms with Crippen molar-refractivity contribution in [3.8, 4) is 0 Å². The van der Waals surface area contributed by atoms with E-state index >= 15 is 0 Å². The van der Waals surface area contributed by atoms with E-state index in [0.717, 1.165) is 18.2 Å². The first-order valence-electron chi connectivity index (χ1n) is 6.06. The van der Waals surface area contributed by atoms with Crippen molar-refractivity contribution < 1.29 is 27.9 Å². The molecule has 0 heterocycles. The van der Waals surface area contributed by atoms with Crippen molar-refractivity contribution in [1.82, 2.24) is 4.72 Å². The second-order valence-electron chi connectivity index (χ2n) is 4.54. The Kier molecular flexibility index (Phi) is 5.45. The molecule has 1 atom stereocenters. The summed E-state index contributed by atoms with van der Waals surface area (Å²) in [6, 6.07) is 2.86. The maximum Gasteiger partial charge on any atom is 0.322 e. The average molecular weight is 315 g/mol. The summed E-state index contributed by atoms with van der Waals surface area (Å²) in [6.07, 6.45) is -0.587. The van der Waals surface area contributed by atoms with E-state index < -0.39 is 34.4 Å². The van der Waals surface area contributed by atoms with Gasteiger partial charge in [0, 0.05) is 0 Å². The summed E-state index contributed by atoms with van der Waals surface area (Å²) >= 11 is 0. The van der Waals surface area contributed by atoms with E-state index in [9.17, 15) is 18.0 Å². The highest BCUT2D eigenvalue weighted by atomic mass is 32.2. The molecular formula is C13H17NO6S. The summed E-state index contributed by atoms with van der Waals surface area (Å²) in [7, 11) is -2.94. The van der Waals surface area contributed by atoms with Gasteiger partial charge < -0.3 is 9.84 Å². The summed E-state index contributed by atoms with van der Waals surface area (Å²) in [5.74, 6) is -2.27. The van der Waals surface area contributed by atoms with Gasteiger partial charge in [-0.2, -0.15) is 4.72 Å². The first-order chi connectivity index (χ1) is 9.67. The summed E-state index contributed by atoms with van der Waals surface area (Å²) < 4.78 is 30.6. The van der Waals surface area contributed by atoms with E-state index in [1.54, 1.807) is 13.0 Å². The third-order valence-electron chi connectivity index (χ3n) is 2.98. The Hall–Kier alpha value is -1.93. The van der Waals surface area contributed by atoms with E-state index in [1.807, 2.05) is 11.6 Å². The molecule has 0 saturated carbocycles. The molecule has 0 aliphatic carbocycles. The number of aryl methyl sites for hydroxylation is 2. The van der Waals surface area contributed by atoms with Crippen molar-refractivity contribution in [2.75, 3.05) is 7.11 Å². The van der Waals surface area contributed by atoms with Gasteiger partial charge in [-0.3, -0.25) is 9.59 Å². The third kappa shape index (κ3) is 4.54. The highest BCUT2D eigenvalue weighted by Crippen LogP contribution is 2.15. The quantitative estimate of drug-likeness (QED) is 0.744. The van der Waals surface area contributed by atoms with Crippen LogP contribution in [-0.4, -0.2) is 38.6 Å². The van der Waals surface area contributed by atoms with E-state index in [4.69, 9.17) is 5.11 Å². The van der Waals surface area contributed by atoms with Gasteiger partial charge in [-0.05, 0) is 37.1 Å². The molecule has 21 heavy (non-hydrogen) atoms. The standard InChI is InChI=1S/C13H17NO6S/c1-8-4-5-10(6-9(8)2)21(18,19)14-11(13(16)17)7-12(15)20-3/h4-6,11,14H,7H2,1-3H3,(H,16,17)/t11-/m0/s1. The number of benzene rings is 1. The fraction of sp³-hybridized carbons (Fsp3) is 0.385. The molecule has 0 amide bonds. The normalized spacial score (nSPS) is 12.7. The zero-order valence-electron chi connectivity index (χ0n) is 11.9. The van der Waals surface area contributed by atoms with Crippen LogP contribution in [0.15, 0.2) is 23.1 Å². The number of methoxy groups -OCH3 is 1. The van der Waals surface area contributed by atoms with E-state index in [2.05, 4.69) is 4.74 Å². The van der Waals surface area contributed by atoms with Crippen molar-refractivity contribution in [1.29, 1.82) is 0 Å². The van der Waals surface area contributed by atoms with Crippen LogP contribution < -0.4 is 4.72 Å². The molecule has 0 aliphatic heterocycles. The molecule has 0 unspecified atom stereocenters. The maximum atomic E-state index is 12.2. The number of hydrogen-bond acceptors (Lipinski definition) is 5. The summed E-state index contributed by atoms with van der Waals surface area (Å²) in [6.45, 7) is 3.58. The van der Waals surface area contributed by atoms with Gasteiger partial charge in [0.15, 0.2) is 0 Å². The Balaban J connectivity index is 3.03. The molecule has 1 aromatic rings. The number of nitrogens with one attached hydrogen (secondary N) is 1. The molecule has 0 saturated heterocycles. The van der Waals surface area contributed by atoms with Gasteiger partial charge in [-0.1, -0.05) is 6.07 Å². The number of ether oxygens (including phenoxy) is 1. The number of aliphatic carboxylic acids is 1. The van der Waals surface area contributed by atoms with Crippen molar-refractivity contribution in [2.45, 2.75) is 31.2 Å². The fourth-order valence-electron chi connectivity index (χ4n) is 1.57. The Labute approximate surface area is 123 Å². The van der Waals surface area contributed by atoms with E-state index in [-0.39, 0.29) is 4.90 Å². The van der Waals surface area contributed by atoms with Gasteiger partial charge in [0.2, 0.25) is 10.0 Å². The van der Waals surface area contributed by atoms with Crippen LogP contribution in [0.1, 0.15) is 17.5 Å². The molecule has 116 valence electrons. The average Bonchev–Trinajstić information content (AvgIpc) is 2.40. The number of esters is 1. The molecule has 1 rings (SSSR count). The van der Waals surface area contributed by atoms with Crippen LogP contribution in [0.4, 0.5) is 0 Å². The van der Waals surface area contributed by atoms with Crippen LogP contribution >= 0.6 is 0 Å². The van der Waals surface area contributed by atoms with Crippen molar-refractivity contribution in [2.24, 2.45) is 0 Å². The lowest BCUT2D eigenvalue weighted by Crippen LogP contribution is -2.42. The largest absolute Gasteiger partial charge is 0.480 e. The second kappa shape index (κ2) is 6.68. The minimum absolute atomic E-state index is 0.0540. The lowest BCUT2D eigenvalue weighted by atomic mass is 10.1. The minimum Gasteiger partial charge on any atom is -0.480 e. The Morgan fingerprint density at radius 2 is 1.90 bits per heavy atom. The molecule has 0 aromatic heterocycles. The number of carbonyl (C=O) groups excluding carboxylic acids is 1. The molecule has 0 bridgehead atoms. The molecular weight excluding hydrogens is 298 g/mol. The Bertz CT molecular complexity index is 653. The monoisotopic (exact) mass is 315 g/mol. The lowest BCUT2D eigenvalue weighted by molar-refractivity contribution is -0.147. The zero-order chi connectivity index (χ0) is 16.2. The summed E-state index contributed by atoms with van der Waals surface area (Å²) in [4.78, 5) is 22.1. The molecule has 0 aliphatic rings. The van der Waals surface area contributed by atoms with Crippen molar-refractivity contribution in [3.05, 3.63) is 29.3 Å². The van der Waals surface area contributed by atoms with Crippen molar-refractivity contribution in [3.63, 3.8) is 0 Å². The predicted octanol–water partition coefficient (Wildman–Crippen LogP) is 0.598. The zero-order valence-corrected chi connectivity index (χ0v) is 12.7. The summed E-state index contributed by atoms with van der Waals surface area (Å²) in [5.41, 5.74) is 1.68. The first-order valence-corrected chi connectivity index (χ1v) is 7.55. The van der Waals surface area contributed by atoms with Crippen LogP contribution in [0.5, 0.6) is 0 Å². The number of carbonyl (C=O) groups is 2. The van der Waals surface area contributed by atoms with E-state index in [1.165, 1.54) is 12.1 Å². The maximum absolute atomic E-state index is 12.2. The van der Waals surface area contributed by atoms with Gasteiger partial charge in [0.25, 0.3) is 0 Å². The van der Waals surface area contributed by atoms with E-state index in [0.29, 0.717) is 0 Å². The van der Waals surface area contributed by atoms with Gasteiger partial charge in [-0.25, -0.2) is 8.42 Å². The highest BCUT2D eigenvalue weighted by Gasteiger charge is 2.28. The predicted molar refractivity (Wildman–Crippen MR) is 74.3 cm³/mol. The molecule has 0 radical (unpaired) electrons. The number of carboxylic acid groups (broad SMARTS) is 1. The van der Waals surface area contributed by atoms with Crippen LogP contribution in [0, 0.1) is 13.8 Å². The smallest absolute Gasteiger partial charge is 0.322 e. The van der Waals surface area contributed by atoms with Crippen LogP contribution in [0.2, 0.25) is 0 Å². The SMILES string of the molecule is COC(=O)C[C@H](NS(=O)(=O)c1ccc(C)c(C)c1)C(=O)O. The molecule has 1 aromatic carbocycles. The number of carboxylic acids is 1. The van der Waals surface area contributed by atoms with Crippen LogP contribution in [-0.2, 0) is 24.3 Å². The molecule has 0 spiro atoms. The second-order valence-corrected chi connectivity index (χ2v) is 6.25. The topological polar surface area (TPSA) is 110 Å². The Morgan fingerprint density at radius 3 is 2.38 bits per heavy atom. The fourth-order valence-corrected chi connectivity index (χ4v) is 2.84. The van der Waals surface area contributed by atoms with Crippen LogP contribution in [0.3, 0.4) is 0 Å². The number of hydrogen-bond donors (Lipinski definition) is 2. The minimum atomic E-state index is -4.04. The number of rotatable bonds is 6. The highest BCUT2D eigenvalue weighted by molar-refractivity contribution is 7.89.